The zero-order valence-corrected chi connectivity index (χ0v) is 26.9. The van der Waals surface area contributed by atoms with Crippen LogP contribution < -0.4 is 21.3 Å². The highest BCUT2D eigenvalue weighted by molar-refractivity contribution is 5.73. The minimum Gasteiger partial charge on any atom is -0.392 e. The van der Waals surface area contributed by atoms with Crippen LogP contribution in [0.5, 0.6) is 0 Å². The van der Waals surface area contributed by atoms with Crippen molar-refractivity contribution in [2.75, 3.05) is 29.9 Å². The molecule has 47 heavy (non-hydrogen) atoms. The molecule has 1 saturated heterocycles. The third-order valence-corrected chi connectivity index (χ3v) is 9.37. The molecule has 1 fully saturated rings. The van der Waals surface area contributed by atoms with E-state index in [9.17, 15) is 20.0 Å². The summed E-state index contributed by atoms with van der Waals surface area (Å²) in [6.45, 7) is 8.22. The topological polar surface area (TPSA) is 137 Å². The SMILES string of the molecule is C[C@H]1CN(C#N)CCN1c1ccc(Nc2cc(-c3ccnc(-n4ccn5c6c(cc5c4=O)CC(C)(C)C6)c3CO)cn(C)c2=O)nc1. The van der Waals surface area contributed by atoms with Crippen LogP contribution >= 0.6 is 0 Å². The molecule has 0 aromatic carbocycles. The van der Waals surface area contributed by atoms with Crippen LogP contribution in [0.15, 0.2) is 70.9 Å². The van der Waals surface area contributed by atoms with Crippen LogP contribution in [0, 0.1) is 16.9 Å². The number of nitrogens with one attached hydrogen (secondary N) is 1. The van der Waals surface area contributed by atoms with Gasteiger partial charge in [-0.1, -0.05) is 13.8 Å². The number of hydrogen-bond acceptors (Lipinski definition) is 9. The molecule has 12 nitrogen and oxygen atoms in total. The fourth-order valence-electron chi connectivity index (χ4n) is 7.09. The van der Waals surface area contributed by atoms with Crippen LogP contribution in [0.4, 0.5) is 17.2 Å². The van der Waals surface area contributed by atoms with E-state index in [1.54, 1.807) is 48.9 Å². The van der Waals surface area contributed by atoms with Gasteiger partial charge >= 0.3 is 0 Å². The Bertz CT molecular complexity index is 2170. The third-order valence-electron chi connectivity index (χ3n) is 9.37. The Labute approximate surface area is 271 Å². The van der Waals surface area contributed by atoms with Gasteiger partial charge in [-0.25, -0.2) is 9.97 Å². The number of fused-ring (bicyclic) bond motifs is 3. The van der Waals surface area contributed by atoms with Gasteiger partial charge < -0.3 is 29.2 Å². The van der Waals surface area contributed by atoms with Crippen molar-refractivity contribution in [1.82, 2.24) is 28.4 Å². The van der Waals surface area contributed by atoms with Gasteiger partial charge in [0.15, 0.2) is 6.19 Å². The number of aliphatic hydroxyl groups is 1. The van der Waals surface area contributed by atoms with E-state index in [0.717, 1.165) is 25.1 Å². The standard InChI is InChI=1S/C35H37N9O3/c1-22-18-41(21-36)9-10-42(22)25-5-6-31(38-17-25)39-28-13-24(19-40(4)33(28)46)26-7-8-37-32(27(26)20-45)44-12-11-43-29(34(44)47)14-23-15-35(2,3)16-30(23)43/h5-8,11-14,17,19,22,45H,9-10,15-16,18,20H2,1-4H3,(H,38,39)/t22-/m0/s1. The molecule has 0 bridgehead atoms. The molecule has 2 aliphatic rings. The first-order valence-electron chi connectivity index (χ1n) is 15.8. The van der Waals surface area contributed by atoms with Crippen LogP contribution in [0.2, 0.25) is 0 Å². The van der Waals surface area contributed by atoms with Crippen molar-refractivity contribution in [2.24, 2.45) is 12.5 Å². The summed E-state index contributed by atoms with van der Waals surface area (Å²) in [5, 5.41) is 23.0. The van der Waals surface area contributed by atoms with E-state index in [-0.39, 0.29) is 29.2 Å². The number of hydrogen-bond donors (Lipinski definition) is 2. The minimum atomic E-state index is -0.364. The Morgan fingerprint density at radius 3 is 2.64 bits per heavy atom. The maximum absolute atomic E-state index is 13.8. The van der Waals surface area contributed by atoms with Crippen molar-refractivity contribution in [3.05, 3.63) is 98.8 Å². The number of piperazine rings is 1. The predicted octanol–water partition coefficient (Wildman–Crippen LogP) is 3.60. The summed E-state index contributed by atoms with van der Waals surface area (Å²) in [5.74, 6) is 0.844. The van der Waals surface area contributed by atoms with Gasteiger partial charge in [0.1, 0.15) is 22.8 Å². The zero-order chi connectivity index (χ0) is 33.0. The molecule has 1 aliphatic heterocycles. The summed E-state index contributed by atoms with van der Waals surface area (Å²) in [4.78, 5) is 40.1. The van der Waals surface area contributed by atoms with E-state index < -0.39 is 0 Å². The second kappa shape index (κ2) is 11.4. The van der Waals surface area contributed by atoms with E-state index in [0.29, 0.717) is 52.6 Å². The summed E-state index contributed by atoms with van der Waals surface area (Å²) in [7, 11) is 1.67. The van der Waals surface area contributed by atoms with Gasteiger partial charge in [0, 0.05) is 74.3 Å². The minimum absolute atomic E-state index is 0.161. The molecule has 0 saturated carbocycles. The fourth-order valence-corrected chi connectivity index (χ4v) is 7.09. The quantitative estimate of drug-likeness (QED) is 0.270. The second-order valence-corrected chi connectivity index (χ2v) is 13.4. The lowest BCUT2D eigenvalue weighted by atomic mass is 9.90. The largest absolute Gasteiger partial charge is 0.392 e. The first-order chi connectivity index (χ1) is 22.6. The Hall–Kier alpha value is -5.41. The highest BCUT2D eigenvalue weighted by atomic mass is 16.3. The van der Waals surface area contributed by atoms with Gasteiger partial charge in [-0.15, -0.1) is 0 Å². The lowest BCUT2D eigenvalue weighted by molar-refractivity contribution is 0.281. The molecule has 5 aromatic rings. The smallest absolute Gasteiger partial charge is 0.280 e. The molecular formula is C35H37N9O3. The zero-order valence-electron chi connectivity index (χ0n) is 26.9. The fraction of sp³-hybridized carbons (Fsp3) is 0.343. The van der Waals surface area contributed by atoms with Crippen molar-refractivity contribution in [1.29, 1.82) is 5.26 Å². The predicted molar refractivity (Wildman–Crippen MR) is 180 cm³/mol. The van der Waals surface area contributed by atoms with Crippen LogP contribution in [0.1, 0.15) is 37.6 Å². The van der Waals surface area contributed by atoms with E-state index >= 15 is 0 Å². The average molecular weight is 632 g/mol. The summed E-state index contributed by atoms with van der Waals surface area (Å²) in [5.41, 5.74) is 5.69. The number of nitrogens with zero attached hydrogens (tertiary/aromatic N) is 8. The Morgan fingerprint density at radius 1 is 1.09 bits per heavy atom. The van der Waals surface area contributed by atoms with Gasteiger partial charge in [0.25, 0.3) is 11.1 Å². The Kier molecular flexibility index (Phi) is 7.36. The molecule has 0 amide bonds. The van der Waals surface area contributed by atoms with E-state index in [1.807, 2.05) is 28.8 Å². The van der Waals surface area contributed by atoms with Crippen LogP contribution in [0.3, 0.4) is 0 Å². The number of aryl methyl sites for hydroxylation is 1. The van der Waals surface area contributed by atoms with Crippen molar-refractivity contribution >= 4 is 22.7 Å². The van der Waals surface area contributed by atoms with Crippen molar-refractivity contribution in [2.45, 2.75) is 46.3 Å². The van der Waals surface area contributed by atoms with Crippen LogP contribution in [-0.2, 0) is 26.5 Å². The van der Waals surface area contributed by atoms with Gasteiger partial charge in [0.2, 0.25) is 0 Å². The maximum atomic E-state index is 13.8. The number of aliphatic hydroxyl groups excluding tert-OH is 1. The van der Waals surface area contributed by atoms with Gasteiger partial charge in [-0.05, 0) is 66.6 Å². The highest BCUT2D eigenvalue weighted by Crippen LogP contribution is 2.37. The summed E-state index contributed by atoms with van der Waals surface area (Å²) >= 11 is 0. The normalized spacial score (nSPS) is 17.1. The lowest BCUT2D eigenvalue weighted by Crippen LogP contribution is -2.50. The number of aromatic nitrogens is 5. The van der Waals surface area contributed by atoms with Crippen molar-refractivity contribution in [3.63, 3.8) is 0 Å². The number of anilines is 3. The molecule has 5 aromatic heterocycles. The molecule has 2 N–H and O–H groups in total. The van der Waals surface area contributed by atoms with E-state index in [4.69, 9.17) is 0 Å². The lowest BCUT2D eigenvalue weighted by Gasteiger charge is -2.38. The van der Waals surface area contributed by atoms with Gasteiger partial charge in [0.05, 0.1) is 18.5 Å². The van der Waals surface area contributed by atoms with Gasteiger partial charge in [-0.2, -0.15) is 5.26 Å². The highest BCUT2D eigenvalue weighted by Gasteiger charge is 2.32. The summed E-state index contributed by atoms with van der Waals surface area (Å²) in [6.07, 6.45) is 12.7. The van der Waals surface area contributed by atoms with Crippen LogP contribution in [-0.4, -0.2) is 59.2 Å². The van der Waals surface area contributed by atoms with Crippen LogP contribution in [0.25, 0.3) is 22.5 Å². The molecule has 0 unspecified atom stereocenters. The first-order valence-corrected chi connectivity index (χ1v) is 15.8. The third kappa shape index (κ3) is 5.32. The molecule has 12 heteroatoms. The monoisotopic (exact) mass is 631 g/mol. The molecule has 7 rings (SSSR count). The average Bonchev–Trinajstić information content (AvgIpc) is 3.55. The van der Waals surface area contributed by atoms with E-state index in [2.05, 4.69) is 47.1 Å². The molecule has 6 heterocycles. The number of nitriles is 1. The Morgan fingerprint density at radius 2 is 1.91 bits per heavy atom. The van der Waals surface area contributed by atoms with Crippen molar-refractivity contribution < 1.29 is 5.11 Å². The first kappa shape index (κ1) is 30.3. The Balaban J connectivity index is 1.21. The molecule has 0 spiro atoms. The molecular weight excluding hydrogens is 594 g/mol. The summed E-state index contributed by atoms with van der Waals surface area (Å²) < 4.78 is 4.94. The van der Waals surface area contributed by atoms with Crippen molar-refractivity contribution in [3.8, 4) is 23.1 Å². The second-order valence-electron chi connectivity index (χ2n) is 13.4. The molecule has 1 atom stereocenters. The molecule has 0 radical (unpaired) electrons. The molecule has 1 aliphatic carbocycles. The molecule has 240 valence electrons. The number of rotatable bonds is 6. The summed E-state index contributed by atoms with van der Waals surface area (Å²) in [6, 6.07) is 9.42. The maximum Gasteiger partial charge on any atom is 0.280 e. The van der Waals surface area contributed by atoms with Gasteiger partial charge in [-0.3, -0.25) is 14.2 Å². The van der Waals surface area contributed by atoms with E-state index in [1.165, 1.54) is 20.4 Å². The number of pyridine rings is 3.